The maximum Gasteiger partial charge on any atom is 0.223 e. The number of nitrogens with zero attached hydrogens (tertiary/aromatic N) is 6. The van der Waals surface area contributed by atoms with E-state index in [-0.39, 0.29) is 11.8 Å². The van der Waals surface area contributed by atoms with Crippen molar-refractivity contribution < 1.29 is 4.79 Å². The number of para-hydroxylation sites is 1. The summed E-state index contributed by atoms with van der Waals surface area (Å²) in [5.41, 5.74) is 6.07. The molecule has 8 nitrogen and oxygen atoms in total. The number of aryl methyl sites for hydroxylation is 2. The van der Waals surface area contributed by atoms with E-state index in [4.69, 9.17) is 5.10 Å². The van der Waals surface area contributed by atoms with Gasteiger partial charge in [-0.2, -0.15) is 10.2 Å². The van der Waals surface area contributed by atoms with Crippen molar-refractivity contribution in [2.24, 2.45) is 5.92 Å². The van der Waals surface area contributed by atoms with Crippen LogP contribution in [0.5, 0.6) is 0 Å². The molecule has 3 heterocycles. The molecule has 1 fully saturated rings. The molecule has 1 aliphatic rings. The number of nitrogens with one attached hydrogen (secondary N) is 1. The van der Waals surface area contributed by atoms with Gasteiger partial charge in [0, 0.05) is 45.3 Å². The van der Waals surface area contributed by atoms with Crippen molar-refractivity contribution in [3.63, 3.8) is 0 Å². The van der Waals surface area contributed by atoms with Gasteiger partial charge in [0.1, 0.15) is 5.52 Å². The summed E-state index contributed by atoms with van der Waals surface area (Å²) in [6.07, 6.45) is 1.56. The van der Waals surface area contributed by atoms with Gasteiger partial charge < -0.3 is 15.1 Å². The van der Waals surface area contributed by atoms with E-state index in [9.17, 15) is 4.79 Å². The largest absolute Gasteiger partial charge is 0.378 e. The van der Waals surface area contributed by atoms with Gasteiger partial charge in [0.2, 0.25) is 5.91 Å². The zero-order valence-corrected chi connectivity index (χ0v) is 21.4. The highest BCUT2D eigenvalue weighted by molar-refractivity contribution is 5.92. The second kappa shape index (κ2) is 9.97. The molecule has 2 aromatic heterocycles. The minimum Gasteiger partial charge on any atom is -0.378 e. The fourth-order valence-electron chi connectivity index (χ4n) is 4.94. The number of hydrogen-bond acceptors (Lipinski definition) is 6. The lowest BCUT2D eigenvalue weighted by molar-refractivity contribution is -0.125. The van der Waals surface area contributed by atoms with Gasteiger partial charge in [-0.05, 0) is 56.5 Å². The van der Waals surface area contributed by atoms with E-state index in [0.29, 0.717) is 6.54 Å². The topological polar surface area (TPSA) is 79.2 Å². The molecule has 0 atom stereocenters. The van der Waals surface area contributed by atoms with Crippen molar-refractivity contribution in [1.29, 1.82) is 0 Å². The standard InChI is InChI=1S/C28H33N7O/c1-19-25-20(2)35(24-8-6-5-7-9-24)32-26(25)27(31-30-19)34-16-14-22(15-17-34)28(36)29-18-21-10-12-23(13-11-21)33(3)4/h5-13,22H,14-18H2,1-4H3,(H,29,36). The van der Waals surface area contributed by atoms with Crippen LogP contribution in [0.4, 0.5) is 11.5 Å². The van der Waals surface area contributed by atoms with E-state index in [1.54, 1.807) is 0 Å². The summed E-state index contributed by atoms with van der Waals surface area (Å²) in [6, 6.07) is 18.4. The van der Waals surface area contributed by atoms with Crippen LogP contribution in [0.15, 0.2) is 54.6 Å². The molecule has 1 aliphatic heterocycles. The minimum atomic E-state index is -0.000177. The molecule has 0 unspecified atom stereocenters. The molecule has 8 heteroatoms. The van der Waals surface area contributed by atoms with E-state index < -0.39 is 0 Å². The lowest BCUT2D eigenvalue weighted by Gasteiger charge is -2.32. The van der Waals surface area contributed by atoms with E-state index in [2.05, 4.69) is 68.6 Å². The average Bonchev–Trinajstić information content (AvgIpc) is 3.26. The molecule has 0 radical (unpaired) electrons. The highest BCUT2D eigenvalue weighted by atomic mass is 16.1. The quantitative estimate of drug-likeness (QED) is 0.446. The first-order valence-electron chi connectivity index (χ1n) is 12.5. The molecular formula is C28H33N7O. The fraction of sp³-hybridized carbons (Fsp3) is 0.357. The molecule has 36 heavy (non-hydrogen) atoms. The van der Waals surface area contributed by atoms with Crippen LogP contribution in [-0.4, -0.2) is 53.1 Å². The smallest absolute Gasteiger partial charge is 0.223 e. The van der Waals surface area contributed by atoms with Crippen molar-refractivity contribution in [3.8, 4) is 5.69 Å². The molecule has 0 bridgehead atoms. The third-order valence-electron chi connectivity index (χ3n) is 7.07. The summed E-state index contributed by atoms with van der Waals surface area (Å²) in [5, 5.41) is 18.1. The number of anilines is 2. The molecule has 1 amide bonds. The van der Waals surface area contributed by atoms with Crippen LogP contribution >= 0.6 is 0 Å². The Morgan fingerprint density at radius 3 is 2.36 bits per heavy atom. The summed E-state index contributed by atoms with van der Waals surface area (Å²) in [6.45, 7) is 6.10. The number of carbonyl (C=O) groups is 1. The van der Waals surface area contributed by atoms with Crippen LogP contribution in [0.25, 0.3) is 16.6 Å². The maximum atomic E-state index is 12.9. The molecule has 1 N–H and O–H groups in total. The molecule has 1 saturated heterocycles. The molecule has 0 saturated carbocycles. The Morgan fingerprint density at radius 2 is 1.69 bits per heavy atom. The first-order chi connectivity index (χ1) is 17.4. The molecule has 5 rings (SSSR count). The van der Waals surface area contributed by atoms with Gasteiger partial charge in [-0.1, -0.05) is 30.3 Å². The Labute approximate surface area is 211 Å². The van der Waals surface area contributed by atoms with Crippen molar-refractivity contribution in [1.82, 2.24) is 25.3 Å². The Kier molecular flexibility index (Phi) is 6.59. The van der Waals surface area contributed by atoms with Crippen LogP contribution in [0.1, 0.15) is 29.8 Å². The molecule has 2 aromatic carbocycles. The van der Waals surface area contributed by atoms with Gasteiger partial charge in [0.25, 0.3) is 0 Å². The molecule has 4 aromatic rings. The van der Waals surface area contributed by atoms with E-state index in [0.717, 1.165) is 71.0 Å². The van der Waals surface area contributed by atoms with Gasteiger partial charge >= 0.3 is 0 Å². The Balaban J connectivity index is 1.26. The summed E-state index contributed by atoms with van der Waals surface area (Å²) in [4.78, 5) is 17.2. The number of piperidine rings is 1. The highest BCUT2D eigenvalue weighted by Gasteiger charge is 2.28. The third kappa shape index (κ3) is 4.63. The summed E-state index contributed by atoms with van der Waals surface area (Å²) >= 11 is 0. The summed E-state index contributed by atoms with van der Waals surface area (Å²) in [5.74, 6) is 0.920. The number of amides is 1. The lowest BCUT2D eigenvalue weighted by atomic mass is 9.95. The van der Waals surface area contributed by atoms with Crippen LogP contribution in [0.2, 0.25) is 0 Å². The van der Waals surface area contributed by atoms with Gasteiger partial charge in [0.15, 0.2) is 5.82 Å². The molecule has 0 aliphatic carbocycles. The lowest BCUT2D eigenvalue weighted by Crippen LogP contribution is -2.40. The van der Waals surface area contributed by atoms with Gasteiger partial charge in [-0.3, -0.25) is 4.79 Å². The van der Waals surface area contributed by atoms with E-state index in [1.807, 2.05) is 43.9 Å². The van der Waals surface area contributed by atoms with Crippen molar-refractivity contribution >= 4 is 28.3 Å². The number of rotatable bonds is 6. The first-order valence-corrected chi connectivity index (χ1v) is 12.5. The number of aromatic nitrogens is 4. The van der Waals surface area contributed by atoms with Crippen LogP contribution in [-0.2, 0) is 11.3 Å². The zero-order valence-electron chi connectivity index (χ0n) is 21.4. The minimum absolute atomic E-state index is 0.000177. The first kappa shape index (κ1) is 23.8. The second-order valence-corrected chi connectivity index (χ2v) is 9.71. The SMILES string of the molecule is Cc1nnc(N2CCC(C(=O)NCc3ccc(N(C)C)cc3)CC2)c2nn(-c3ccccc3)c(C)c12. The fourth-order valence-corrected chi connectivity index (χ4v) is 4.94. The Bertz CT molecular complexity index is 1350. The molecular weight excluding hydrogens is 450 g/mol. The van der Waals surface area contributed by atoms with Gasteiger partial charge in [-0.15, -0.1) is 5.10 Å². The van der Waals surface area contributed by atoms with E-state index in [1.165, 1.54) is 0 Å². The van der Waals surface area contributed by atoms with Crippen molar-refractivity contribution in [3.05, 3.63) is 71.5 Å². The van der Waals surface area contributed by atoms with Gasteiger partial charge in [-0.25, -0.2) is 4.68 Å². The monoisotopic (exact) mass is 483 g/mol. The van der Waals surface area contributed by atoms with Crippen molar-refractivity contribution in [2.45, 2.75) is 33.2 Å². The third-order valence-corrected chi connectivity index (χ3v) is 7.07. The highest BCUT2D eigenvalue weighted by Crippen LogP contribution is 2.31. The number of carbonyl (C=O) groups excluding carboxylic acids is 1. The molecule has 0 spiro atoms. The number of hydrogen-bond donors (Lipinski definition) is 1. The summed E-state index contributed by atoms with van der Waals surface area (Å²) in [7, 11) is 4.04. The second-order valence-electron chi connectivity index (χ2n) is 9.71. The molecule has 186 valence electrons. The predicted molar refractivity (Wildman–Crippen MR) is 144 cm³/mol. The van der Waals surface area contributed by atoms with Gasteiger partial charge in [0.05, 0.1) is 22.5 Å². The van der Waals surface area contributed by atoms with Crippen LogP contribution in [0.3, 0.4) is 0 Å². The average molecular weight is 484 g/mol. The van der Waals surface area contributed by atoms with E-state index >= 15 is 0 Å². The Morgan fingerprint density at radius 1 is 1.00 bits per heavy atom. The summed E-state index contributed by atoms with van der Waals surface area (Å²) < 4.78 is 1.97. The normalized spacial score (nSPS) is 14.3. The number of fused-ring (bicyclic) bond motifs is 1. The zero-order chi connectivity index (χ0) is 25.2. The maximum absolute atomic E-state index is 12.9. The number of benzene rings is 2. The Hall–Kier alpha value is -3.94. The van der Waals surface area contributed by atoms with Crippen LogP contribution < -0.4 is 15.1 Å². The van der Waals surface area contributed by atoms with Crippen molar-refractivity contribution in [2.75, 3.05) is 37.0 Å². The van der Waals surface area contributed by atoms with Crippen LogP contribution in [0, 0.1) is 19.8 Å². The predicted octanol–water partition coefficient (Wildman–Crippen LogP) is 4.03.